The summed E-state index contributed by atoms with van der Waals surface area (Å²) in [6, 6.07) is 0. The Hall–Kier alpha value is 0.127. The Kier molecular flexibility index (Phi) is 6.57. The minimum Gasteiger partial charge on any atom is -0.286 e. The molecule has 0 aliphatic heterocycles. The third kappa shape index (κ3) is 3.36. The van der Waals surface area contributed by atoms with E-state index in [-0.39, 0.29) is 0 Å². The molecular formula is C13H30O3SSi. The fourth-order valence-electron chi connectivity index (χ4n) is 4.03. The van der Waals surface area contributed by atoms with E-state index in [1.54, 1.807) is 0 Å². The molecule has 0 rings (SSSR count). The summed E-state index contributed by atoms with van der Waals surface area (Å²) in [4.78, 5) is -0.532. The molecule has 1 atom stereocenters. The van der Waals surface area contributed by atoms with Crippen molar-refractivity contribution in [2.75, 3.05) is 0 Å². The summed E-state index contributed by atoms with van der Waals surface area (Å²) in [5.74, 6) is 0. The van der Waals surface area contributed by atoms with E-state index in [2.05, 4.69) is 41.5 Å². The molecule has 0 aliphatic rings. The van der Waals surface area contributed by atoms with Crippen LogP contribution in [0.2, 0.25) is 16.6 Å². The molecule has 0 bridgehead atoms. The molecule has 0 aromatic carbocycles. The van der Waals surface area contributed by atoms with Crippen molar-refractivity contribution in [2.45, 2.75) is 82.8 Å². The van der Waals surface area contributed by atoms with Crippen molar-refractivity contribution >= 4 is 18.2 Å². The molecular weight excluding hydrogens is 264 g/mol. The predicted octanol–water partition coefficient (Wildman–Crippen LogP) is 4.26. The monoisotopic (exact) mass is 294 g/mol. The van der Waals surface area contributed by atoms with E-state index in [0.717, 1.165) is 6.42 Å². The Balaban J connectivity index is 5.94. The minimum absolute atomic E-state index is 0.343. The molecule has 0 radical (unpaired) electrons. The van der Waals surface area contributed by atoms with Gasteiger partial charge in [-0.1, -0.05) is 54.9 Å². The van der Waals surface area contributed by atoms with Crippen molar-refractivity contribution in [1.82, 2.24) is 0 Å². The van der Waals surface area contributed by atoms with E-state index >= 15 is 0 Å². The summed E-state index contributed by atoms with van der Waals surface area (Å²) in [6.45, 7) is 14.7. The molecule has 1 N–H and O–H groups in total. The molecule has 0 saturated heterocycles. The lowest BCUT2D eigenvalue weighted by molar-refractivity contribution is 0.471. The maximum Gasteiger partial charge on any atom is 0.265 e. The lowest BCUT2D eigenvalue weighted by Gasteiger charge is -2.47. The van der Waals surface area contributed by atoms with Crippen LogP contribution >= 0.6 is 0 Å². The van der Waals surface area contributed by atoms with Crippen LogP contribution in [0.4, 0.5) is 0 Å². The molecule has 0 amide bonds. The Morgan fingerprint density at radius 1 is 0.944 bits per heavy atom. The smallest absolute Gasteiger partial charge is 0.265 e. The lowest BCUT2D eigenvalue weighted by Crippen LogP contribution is -2.58. The van der Waals surface area contributed by atoms with Crippen LogP contribution in [-0.2, 0) is 10.1 Å². The van der Waals surface area contributed by atoms with E-state index in [9.17, 15) is 13.0 Å². The van der Waals surface area contributed by atoms with Crippen LogP contribution < -0.4 is 0 Å². The van der Waals surface area contributed by atoms with Crippen LogP contribution in [0, 0.1) is 0 Å². The molecule has 110 valence electrons. The molecule has 18 heavy (non-hydrogen) atoms. The average molecular weight is 295 g/mol. The molecule has 0 spiro atoms. The zero-order valence-corrected chi connectivity index (χ0v) is 14.7. The van der Waals surface area contributed by atoms with Crippen molar-refractivity contribution in [1.29, 1.82) is 0 Å². The van der Waals surface area contributed by atoms with Gasteiger partial charge in [0.1, 0.15) is 0 Å². The number of hydrogen-bond acceptors (Lipinski definition) is 2. The van der Waals surface area contributed by atoms with Gasteiger partial charge in [0.05, 0.1) is 12.9 Å². The fourth-order valence-corrected chi connectivity index (χ4v) is 16.1. The van der Waals surface area contributed by atoms with Gasteiger partial charge in [-0.3, -0.25) is 4.55 Å². The Labute approximate surface area is 114 Å². The van der Waals surface area contributed by atoms with Crippen LogP contribution in [0.3, 0.4) is 0 Å². The summed E-state index contributed by atoms with van der Waals surface area (Å²) < 4.78 is 33.4. The summed E-state index contributed by atoms with van der Waals surface area (Å²) in [7, 11) is -6.11. The molecule has 0 aliphatic carbocycles. The second kappa shape index (κ2) is 6.53. The normalized spacial score (nSPS) is 15.7. The molecule has 3 nitrogen and oxygen atoms in total. The van der Waals surface area contributed by atoms with Crippen LogP contribution in [0.15, 0.2) is 0 Å². The Morgan fingerprint density at radius 2 is 1.28 bits per heavy atom. The molecule has 0 aromatic heterocycles. The standard InChI is InChI=1S/C13H30O3SSi/c1-8-9-13(17(14,15)16)18(10(2)3,11(4)5)12(6)7/h10-13H,8-9H2,1-7H3,(H,14,15,16). The van der Waals surface area contributed by atoms with Crippen LogP contribution in [0.5, 0.6) is 0 Å². The maximum absolute atomic E-state index is 11.9. The Bertz CT molecular complexity index is 325. The maximum atomic E-state index is 11.9. The predicted molar refractivity (Wildman–Crippen MR) is 81.3 cm³/mol. The zero-order chi connectivity index (χ0) is 14.7. The highest BCUT2D eigenvalue weighted by atomic mass is 32.2. The summed E-state index contributed by atoms with van der Waals surface area (Å²) in [5.41, 5.74) is 1.03. The van der Waals surface area contributed by atoms with Gasteiger partial charge in [-0.15, -0.1) is 0 Å². The van der Waals surface area contributed by atoms with Crippen LogP contribution in [0.1, 0.15) is 61.3 Å². The van der Waals surface area contributed by atoms with E-state index in [4.69, 9.17) is 0 Å². The van der Waals surface area contributed by atoms with E-state index in [0.29, 0.717) is 23.0 Å². The highest BCUT2D eigenvalue weighted by molar-refractivity contribution is 7.88. The molecule has 0 saturated carbocycles. The molecule has 5 heteroatoms. The molecule has 0 heterocycles. The first-order valence-corrected chi connectivity index (χ1v) is 10.8. The molecule has 1 unspecified atom stereocenters. The van der Waals surface area contributed by atoms with Gasteiger partial charge >= 0.3 is 0 Å². The first-order chi connectivity index (χ1) is 8.02. The zero-order valence-electron chi connectivity index (χ0n) is 12.9. The second-order valence-electron chi connectivity index (χ2n) is 6.26. The van der Waals surface area contributed by atoms with Gasteiger partial charge in [-0.2, -0.15) is 8.42 Å². The quantitative estimate of drug-likeness (QED) is 0.564. The topological polar surface area (TPSA) is 54.4 Å². The van der Waals surface area contributed by atoms with Crippen molar-refractivity contribution in [2.24, 2.45) is 0 Å². The first-order valence-electron chi connectivity index (χ1n) is 6.99. The van der Waals surface area contributed by atoms with Gasteiger partial charge in [-0.25, -0.2) is 0 Å². The van der Waals surface area contributed by atoms with Gasteiger partial charge in [-0.05, 0) is 23.0 Å². The van der Waals surface area contributed by atoms with E-state index < -0.39 is 23.1 Å². The van der Waals surface area contributed by atoms with Crippen molar-refractivity contribution in [3.8, 4) is 0 Å². The number of rotatable bonds is 7. The van der Waals surface area contributed by atoms with Gasteiger partial charge < -0.3 is 0 Å². The minimum atomic E-state index is -3.96. The number of hydrogen-bond donors (Lipinski definition) is 1. The highest BCUT2D eigenvalue weighted by Crippen LogP contribution is 2.47. The van der Waals surface area contributed by atoms with Gasteiger partial charge in [0.25, 0.3) is 10.1 Å². The van der Waals surface area contributed by atoms with Crippen molar-refractivity contribution in [3.05, 3.63) is 0 Å². The van der Waals surface area contributed by atoms with Crippen LogP contribution in [-0.4, -0.2) is 25.9 Å². The van der Waals surface area contributed by atoms with Crippen molar-refractivity contribution < 1.29 is 13.0 Å². The molecule has 0 aromatic rings. The van der Waals surface area contributed by atoms with Crippen LogP contribution in [0.25, 0.3) is 0 Å². The van der Waals surface area contributed by atoms with E-state index in [1.807, 2.05) is 6.92 Å². The van der Waals surface area contributed by atoms with Gasteiger partial charge in [0.2, 0.25) is 0 Å². The lowest BCUT2D eigenvalue weighted by atomic mass is 10.4. The van der Waals surface area contributed by atoms with E-state index in [1.165, 1.54) is 0 Å². The molecule has 0 fully saturated rings. The third-order valence-electron chi connectivity index (χ3n) is 4.47. The average Bonchev–Trinajstić information content (AvgIpc) is 2.14. The Morgan fingerprint density at radius 3 is 1.44 bits per heavy atom. The summed E-state index contributed by atoms with van der Waals surface area (Å²) in [6.07, 6.45) is 1.38. The third-order valence-corrected chi connectivity index (χ3v) is 14.9. The second-order valence-corrected chi connectivity index (χ2v) is 14.4. The van der Waals surface area contributed by atoms with Gasteiger partial charge in [0, 0.05) is 0 Å². The largest absolute Gasteiger partial charge is 0.286 e. The highest BCUT2D eigenvalue weighted by Gasteiger charge is 2.53. The SMILES string of the molecule is CCCC([Si](C(C)C)(C(C)C)C(C)C)S(=O)(=O)O. The fraction of sp³-hybridized carbons (Fsp3) is 1.00. The summed E-state index contributed by atoms with van der Waals surface area (Å²) in [5, 5.41) is 0. The summed E-state index contributed by atoms with van der Waals surface area (Å²) >= 11 is 0. The van der Waals surface area contributed by atoms with Crippen molar-refractivity contribution in [3.63, 3.8) is 0 Å². The van der Waals surface area contributed by atoms with Gasteiger partial charge in [0.15, 0.2) is 0 Å². The first kappa shape index (κ1) is 18.1.